The molecule has 0 spiro atoms. The molecule has 6 nitrogen and oxygen atoms in total. The molecule has 1 aromatic carbocycles. The number of terminal acetylenes is 1. The summed E-state index contributed by atoms with van der Waals surface area (Å²) in [5.41, 5.74) is -0.945. The zero-order valence-corrected chi connectivity index (χ0v) is 14.5. The Balaban J connectivity index is 2.61. The van der Waals surface area contributed by atoms with Gasteiger partial charge in [0.1, 0.15) is 12.8 Å². The lowest BCUT2D eigenvalue weighted by atomic mass is 10.2. The van der Waals surface area contributed by atoms with Crippen LogP contribution in [0, 0.1) is 19.3 Å². The minimum absolute atomic E-state index is 0.00644. The number of aromatic nitrogens is 2. The van der Waals surface area contributed by atoms with E-state index in [1.807, 2.05) is 0 Å². The minimum Gasteiger partial charge on any atom is -0.344 e. The molecule has 0 radical (unpaired) electrons. The number of aryl methyl sites for hydroxylation is 1. The molecule has 1 unspecified atom stereocenters. The van der Waals surface area contributed by atoms with Crippen molar-refractivity contribution < 1.29 is 9.53 Å². The fourth-order valence-electron chi connectivity index (χ4n) is 2.14. The Morgan fingerprint density at radius 1 is 1.33 bits per heavy atom. The van der Waals surface area contributed by atoms with Crippen molar-refractivity contribution in [3.8, 4) is 12.3 Å². The van der Waals surface area contributed by atoms with Gasteiger partial charge in [0.15, 0.2) is 0 Å². The third kappa shape index (κ3) is 3.55. The summed E-state index contributed by atoms with van der Waals surface area (Å²) in [6.07, 6.45) is 5.80. The van der Waals surface area contributed by atoms with Crippen LogP contribution in [0.15, 0.2) is 46.1 Å². The molecule has 0 aliphatic rings. The molecule has 0 aliphatic carbocycles. The number of benzene rings is 1. The molecule has 1 aromatic heterocycles. The molecule has 0 bridgehead atoms. The Kier molecular flexibility index (Phi) is 5.90. The maximum atomic E-state index is 12.7. The normalized spacial score (nSPS) is 11.7. The molecule has 7 heteroatoms. The Morgan fingerprint density at radius 3 is 2.58 bits per heavy atom. The summed E-state index contributed by atoms with van der Waals surface area (Å²) in [6, 6.07) is 8.13. The van der Waals surface area contributed by atoms with Gasteiger partial charge in [-0.25, -0.2) is 4.79 Å². The van der Waals surface area contributed by atoms with Crippen LogP contribution in [0.3, 0.4) is 0 Å². The number of halogens is 1. The third-order valence-corrected chi connectivity index (χ3v) is 3.86. The average molecular weight is 391 g/mol. The van der Waals surface area contributed by atoms with E-state index in [0.717, 1.165) is 0 Å². The van der Waals surface area contributed by atoms with Crippen molar-refractivity contribution >= 4 is 21.8 Å². The molecule has 0 fully saturated rings. The second-order valence-electron chi connectivity index (χ2n) is 4.94. The second kappa shape index (κ2) is 7.90. The number of carbonyl (C=O) groups excluding carboxylic acids is 1. The predicted octanol–water partition coefficient (Wildman–Crippen LogP) is 1.55. The zero-order chi connectivity index (χ0) is 17.7. The van der Waals surface area contributed by atoms with Crippen LogP contribution in [-0.2, 0) is 4.74 Å². The van der Waals surface area contributed by atoms with Crippen molar-refractivity contribution in [2.75, 3.05) is 11.9 Å². The van der Waals surface area contributed by atoms with E-state index in [1.165, 1.54) is 29.8 Å². The van der Waals surface area contributed by atoms with Crippen molar-refractivity contribution in [3.63, 3.8) is 0 Å². The Bertz CT molecular complexity index is 894. The molecule has 0 amide bonds. The lowest BCUT2D eigenvalue weighted by Crippen LogP contribution is -2.46. The first-order chi connectivity index (χ1) is 11.5. The Morgan fingerprint density at radius 2 is 2.00 bits per heavy atom. The van der Waals surface area contributed by atoms with Gasteiger partial charge in [-0.1, -0.05) is 40.0 Å². The SMILES string of the molecule is C#CCOC(CBr)n1cc(C)c(=O)n(C(=O)c2ccccc2)c1=O. The third-order valence-electron chi connectivity index (χ3n) is 3.31. The number of hydrogen-bond donors (Lipinski definition) is 0. The summed E-state index contributed by atoms with van der Waals surface area (Å²) in [5, 5.41) is 0.270. The van der Waals surface area contributed by atoms with Crippen molar-refractivity contribution in [1.29, 1.82) is 0 Å². The fraction of sp³-hybridized carbons (Fsp3) is 0.235. The molecular formula is C17H15BrN2O4. The zero-order valence-electron chi connectivity index (χ0n) is 12.9. The van der Waals surface area contributed by atoms with Crippen molar-refractivity contribution in [3.05, 3.63) is 68.5 Å². The van der Waals surface area contributed by atoms with Crippen LogP contribution in [0.25, 0.3) is 0 Å². The van der Waals surface area contributed by atoms with Crippen molar-refractivity contribution in [2.45, 2.75) is 13.2 Å². The van der Waals surface area contributed by atoms with Crippen LogP contribution >= 0.6 is 15.9 Å². The molecule has 0 N–H and O–H groups in total. The number of hydrogen-bond acceptors (Lipinski definition) is 4. The molecule has 0 saturated carbocycles. The van der Waals surface area contributed by atoms with Gasteiger partial charge in [0, 0.05) is 22.7 Å². The number of rotatable bonds is 5. The molecule has 1 atom stereocenters. The van der Waals surface area contributed by atoms with Crippen LogP contribution in [0.5, 0.6) is 0 Å². The largest absolute Gasteiger partial charge is 0.344 e. The van der Waals surface area contributed by atoms with Gasteiger partial charge >= 0.3 is 5.69 Å². The topological polar surface area (TPSA) is 70.3 Å². The molecule has 0 aliphatic heterocycles. The van der Waals surface area contributed by atoms with E-state index >= 15 is 0 Å². The highest BCUT2D eigenvalue weighted by atomic mass is 79.9. The van der Waals surface area contributed by atoms with E-state index in [0.29, 0.717) is 4.57 Å². The molecule has 0 saturated heterocycles. The summed E-state index contributed by atoms with van der Waals surface area (Å²) in [5.74, 6) is 1.63. The van der Waals surface area contributed by atoms with Crippen LogP contribution in [-0.4, -0.2) is 27.0 Å². The lowest BCUT2D eigenvalue weighted by Gasteiger charge is -2.18. The van der Waals surface area contributed by atoms with E-state index in [1.54, 1.807) is 18.2 Å². The van der Waals surface area contributed by atoms with Gasteiger partial charge in [0.05, 0.1) is 0 Å². The van der Waals surface area contributed by atoms with Crippen molar-refractivity contribution in [1.82, 2.24) is 9.13 Å². The van der Waals surface area contributed by atoms with E-state index in [2.05, 4.69) is 21.9 Å². The molecule has 2 rings (SSSR count). The molecular weight excluding hydrogens is 376 g/mol. The van der Waals surface area contributed by atoms with Crippen LogP contribution < -0.4 is 11.2 Å². The maximum Gasteiger partial charge on any atom is 0.340 e. The van der Waals surface area contributed by atoms with Gasteiger partial charge in [-0.3, -0.25) is 14.2 Å². The first-order valence-electron chi connectivity index (χ1n) is 7.06. The van der Waals surface area contributed by atoms with E-state index in [4.69, 9.17) is 11.2 Å². The predicted molar refractivity (Wildman–Crippen MR) is 93.5 cm³/mol. The number of carbonyl (C=O) groups is 1. The van der Waals surface area contributed by atoms with E-state index < -0.39 is 23.4 Å². The molecule has 24 heavy (non-hydrogen) atoms. The minimum atomic E-state index is -0.777. The van der Waals surface area contributed by atoms with Gasteiger partial charge < -0.3 is 4.74 Å². The van der Waals surface area contributed by atoms with Gasteiger partial charge in [0.25, 0.3) is 11.5 Å². The van der Waals surface area contributed by atoms with E-state index in [-0.39, 0.29) is 23.1 Å². The summed E-state index contributed by atoms with van der Waals surface area (Å²) in [6.45, 7) is 1.52. The highest BCUT2D eigenvalue weighted by Gasteiger charge is 2.21. The van der Waals surface area contributed by atoms with Crippen LogP contribution in [0.1, 0.15) is 22.1 Å². The highest BCUT2D eigenvalue weighted by Crippen LogP contribution is 2.09. The lowest BCUT2D eigenvalue weighted by molar-refractivity contribution is 0.0379. The quantitative estimate of drug-likeness (QED) is 0.573. The smallest absolute Gasteiger partial charge is 0.340 e. The summed E-state index contributed by atoms with van der Waals surface area (Å²) >= 11 is 3.24. The number of nitrogens with zero attached hydrogens (tertiary/aromatic N) is 2. The fourth-order valence-corrected chi connectivity index (χ4v) is 2.64. The highest BCUT2D eigenvalue weighted by molar-refractivity contribution is 9.09. The first kappa shape index (κ1) is 17.9. The monoisotopic (exact) mass is 390 g/mol. The van der Waals surface area contributed by atoms with Gasteiger partial charge in [-0.05, 0) is 19.1 Å². The average Bonchev–Trinajstić information content (AvgIpc) is 2.60. The van der Waals surface area contributed by atoms with Crippen LogP contribution in [0.4, 0.5) is 0 Å². The van der Waals surface area contributed by atoms with Gasteiger partial charge in [0.2, 0.25) is 0 Å². The van der Waals surface area contributed by atoms with Gasteiger partial charge in [-0.15, -0.1) is 6.42 Å². The molecule has 124 valence electrons. The number of ether oxygens (including phenoxy) is 1. The van der Waals surface area contributed by atoms with Gasteiger partial charge in [-0.2, -0.15) is 4.57 Å². The summed E-state index contributed by atoms with van der Waals surface area (Å²) in [7, 11) is 0. The summed E-state index contributed by atoms with van der Waals surface area (Å²) < 4.78 is 7.19. The standard InChI is InChI=1S/C17H15BrN2O4/c1-3-9-24-14(10-18)19-11-12(2)15(21)20(17(19)23)16(22)13-7-5-4-6-8-13/h1,4-8,11,14H,9-10H2,2H3. The summed E-state index contributed by atoms with van der Waals surface area (Å²) in [4.78, 5) is 37.6. The van der Waals surface area contributed by atoms with Crippen LogP contribution in [0.2, 0.25) is 0 Å². The Hall–Kier alpha value is -2.43. The molecule has 1 heterocycles. The number of alkyl halides is 1. The Labute approximate surface area is 146 Å². The van der Waals surface area contributed by atoms with Crippen molar-refractivity contribution in [2.24, 2.45) is 0 Å². The molecule has 2 aromatic rings. The second-order valence-corrected chi connectivity index (χ2v) is 5.59. The van der Waals surface area contributed by atoms with E-state index in [9.17, 15) is 14.4 Å². The first-order valence-corrected chi connectivity index (χ1v) is 8.19. The maximum absolute atomic E-state index is 12.7.